The number of nitrogens with zero attached hydrogens (tertiary/aromatic N) is 4. The molecule has 0 unspecified atom stereocenters. The molecule has 1 saturated heterocycles. The van der Waals surface area contributed by atoms with Gasteiger partial charge in [-0.3, -0.25) is 19.2 Å². The fourth-order valence-corrected chi connectivity index (χ4v) is 4.71. The van der Waals surface area contributed by atoms with E-state index in [4.69, 9.17) is 5.10 Å². The molecule has 1 aliphatic rings. The summed E-state index contributed by atoms with van der Waals surface area (Å²) in [6.07, 6.45) is 5.51. The molecule has 3 aromatic rings. The number of hydrogen-bond donors (Lipinski definition) is 1. The summed E-state index contributed by atoms with van der Waals surface area (Å²) in [5.41, 5.74) is 2.99. The highest BCUT2D eigenvalue weighted by molar-refractivity contribution is 7.13. The molecule has 4 rings (SSSR count). The first-order valence-corrected chi connectivity index (χ1v) is 12.5. The average Bonchev–Trinajstić information content (AvgIpc) is 3.48. The second-order valence-corrected chi connectivity index (χ2v) is 9.70. The molecule has 2 aromatic heterocycles. The van der Waals surface area contributed by atoms with E-state index in [1.165, 1.54) is 5.56 Å². The summed E-state index contributed by atoms with van der Waals surface area (Å²) in [4.78, 5) is 29.9. The first-order valence-electron chi connectivity index (χ1n) is 11.6. The Hall–Kier alpha value is -3.23. The zero-order valence-electron chi connectivity index (χ0n) is 19.7. The van der Waals surface area contributed by atoms with Gasteiger partial charge in [0.15, 0.2) is 0 Å². The Labute approximate surface area is 204 Å². The predicted molar refractivity (Wildman–Crippen MR) is 136 cm³/mol. The van der Waals surface area contributed by atoms with Gasteiger partial charge in [-0.05, 0) is 36.9 Å². The van der Waals surface area contributed by atoms with Crippen LogP contribution in [0, 0.1) is 0 Å². The molecule has 0 spiro atoms. The molecule has 1 N–H and O–H groups in total. The molecule has 1 aliphatic heterocycles. The van der Waals surface area contributed by atoms with Crippen LogP contribution in [0.15, 0.2) is 60.1 Å². The number of benzene rings is 1. The van der Waals surface area contributed by atoms with E-state index in [0.717, 1.165) is 16.1 Å². The van der Waals surface area contributed by atoms with Gasteiger partial charge in [0.25, 0.3) is 0 Å². The van der Waals surface area contributed by atoms with Crippen LogP contribution in [0.1, 0.15) is 25.0 Å². The minimum Gasteiger partial charge on any atom is -0.353 e. The van der Waals surface area contributed by atoms with Crippen LogP contribution < -0.4 is 5.32 Å². The summed E-state index contributed by atoms with van der Waals surface area (Å²) in [7, 11) is 0. The van der Waals surface area contributed by atoms with Crippen molar-refractivity contribution >= 4 is 29.2 Å². The van der Waals surface area contributed by atoms with Gasteiger partial charge in [-0.1, -0.05) is 36.4 Å². The van der Waals surface area contributed by atoms with Crippen molar-refractivity contribution in [2.45, 2.75) is 26.4 Å². The van der Waals surface area contributed by atoms with Crippen LogP contribution in [-0.2, 0) is 16.1 Å². The van der Waals surface area contributed by atoms with E-state index < -0.39 is 0 Å². The molecular weight excluding hydrogens is 446 g/mol. The smallest absolute Gasteiger partial charge is 0.246 e. The monoisotopic (exact) mass is 477 g/mol. The molecule has 0 radical (unpaired) electrons. The summed E-state index contributed by atoms with van der Waals surface area (Å²) in [6.45, 7) is 7.58. The number of piperazine rings is 1. The fraction of sp³-hybridized carbons (Fsp3) is 0.346. The lowest BCUT2D eigenvalue weighted by molar-refractivity contribution is -0.128. The second kappa shape index (κ2) is 11.3. The van der Waals surface area contributed by atoms with Crippen LogP contribution in [0.5, 0.6) is 0 Å². The lowest BCUT2D eigenvalue weighted by atomic mass is 10.2. The highest BCUT2D eigenvalue weighted by Crippen LogP contribution is 2.28. The number of carbonyl (C=O) groups is 2. The first-order chi connectivity index (χ1) is 16.5. The van der Waals surface area contributed by atoms with E-state index in [1.807, 2.05) is 71.4 Å². The zero-order valence-corrected chi connectivity index (χ0v) is 20.5. The number of hydrogen-bond acceptors (Lipinski definition) is 5. The Bertz CT molecular complexity index is 1110. The number of thiophene rings is 1. The Kier molecular flexibility index (Phi) is 7.92. The molecule has 34 heavy (non-hydrogen) atoms. The van der Waals surface area contributed by atoms with Crippen molar-refractivity contribution in [2.75, 3.05) is 32.7 Å². The van der Waals surface area contributed by atoms with E-state index in [9.17, 15) is 9.59 Å². The summed E-state index contributed by atoms with van der Waals surface area (Å²) in [5.74, 6) is 0.0162. The van der Waals surface area contributed by atoms with Gasteiger partial charge >= 0.3 is 0 Å². The maximum absolute atomic E-state index is 12.9. The van der Waals surface area contributed by atoms with Crippen molar-refractivity contribution in [1.82, 2.24) is 24.9 Å². The quantitative estimate of drug-likeness (QED) is 0.505. The Morgan fingerprint density at radius 3 is 2.53 bits per heavy atom. The standard InChI is InChI=1S/C26H31N5O2S/c1-20(2)27-24(32)19-29-12-14-30(15-13-29)25(33)11-10-22-18-31(17-21-7-4-3-5-8-21)28-26(22)23-9-6-16-34-23/h3-11,16,18,20H,12-15,17,19H2,1-2H3,(H,27,32). The maximum Gasteiger partial charge on any atom is 0.246 e. The van der Waals surface area contributed by atoms with Crippen molar-refractivity contribution in [3.63, 3.8) is 0 Å². The normalized spacial score (nSPS) is 14.7. The van der Waals surface area contributed by atoms with Gasteiger partial charge in [-0.15, -0.1) is 11.3 Å². The molecule has 1 fully saturated rings. The third-order valence-electron chi connectivity index (χ3n) is 5.64. The van der Waals surface area contributed by atoms with Crippen molar-refractivity contribution < 1.29 is 9.59 Å². The molecule has 8 heteroatoms. The topological polar surface area (TPSA) is 70.5 Å². The lowest BCUT2D eigenvalue weighted by Gasteiger charge is -2.33. The predicted octanol–water partition coefficient (Wildman–Crippen LogP) is 3.34. The SMILES string of the molecule is CC(C)NC(=O)CN1CCN(C(=O)C=Cc2cn(Cc3ccccc3)nc2-c2cccs2)CC1. The maximum atomic E-state index is 12.9. The minimum absolute atomic E-state index is 0.0146. The van der Waals surface area contributed by atoms with Crippen LogP contribution in [0.2, 0.25) is 0 Å². The third kappa shape index (κ3) is 6.42. The Balaban J connectivity index is 1.40. The number of amides is 2. The van der Waals surface area contributed by atoms with Gasteiger partial charge in [-0.2, -0.15) is 5.10 Å². The third-order valence-corrected chi connectivity index (χ3v) is 6.51. The van der Waals surface area contributed by atoms with E-state index >= 15 is 0 Å². The molecule has 0 aliphatic carbocycles. The van der Waals surface area contributed by atoms with Crippen LogP contribution in [0.3, 0.4) is 0 Å². The fourth-order valence-electron chi connectivity index (χ4n) is 3.98. The second-order valence-electron chi connectivity index (χ2n) is 8.75. The summed E-state index contributed by atoms with van der Waals surface area (Å²) in [5, 5.41) is 9.75. The highest BCUT2D eigenvalue weighted by atomic mass is 32.1. The molecule has 0 bridgehead atoms. The summed E-state index contributed by atoms with van der Waals surface area (Å²) >= 11 is 1.64. The van der Waals surface area contributed by atoms with Gasteiger partial charge in [0.05, 0.1) is 18.0 Å². The Morgan fingerprint density at radius 1 is 1.09 bits per heavy atom. The summed E-state index contributed by atoms with van der Waals surface area (Å²) < 4.78 is 1.93. The van der Waals surface area contributed by atoms with Crippen LogP contribution >= 0.6 is 11.3 Å². The molecule has 7 nitrogen and oxygen atoms in total. The van der Waals surface area contributed by atoms with Gasteiger partial charge in [-0.25, -0.2) is 0 Å². The number of carbonyl (C=O) groups excluding carboxylic acids is 2. The molecule has 0 saturated carbocycles. The van der Waals surface area contributed by atoms with E-state index in [2.05, 4.69) is 22.3 Å². The molecular formula is C26H31N5O2S. The first kappa shape index (κ1) is 23.9. The van der Waals surface area contributed by atoms with Crippen LogP contribution in [0.4, 0.5) is 0 Å². The van der Waals surface area contributed by atoms with Gasteiger partial charge in [0.2, 0.25) is 11.8 Å². The van der Waals surface area contributed by atoms with Crippen molar-refractivity contribution in [2.24, 2.45) is 0 Å². The number of rotatable bonds is 8. The highest BCUT2D eigenvalue weighted by Gasteiger charge is 2.21. The minimum atomic E-state index is -0.0146. The Morgan fingerprint density at radius 2 is 1.85 bits per heavy atom. The van der Waals surface area contributed by atoms with Crippen LogP contribution in [-0.4, -0.2) is 70.2 Å². The number of nitrogens with one attached hydrogen (secondary N) is 1. The van der Waals surface area contributed by atoms with E-state index in [-0.39, 0.29) is 17.9 Å². The van der Waals surface area contributed by atoms with Crippen molar-refractivity contribution in [3.05, 3.63) is 71.2 Å². The van der Waals surface area contributed by atoms with Crippen molar-refractivity contribution in [3.8, 4) is 10.6 Å². The van der Waals surface area contributed by atoms with Gasteiger partial charge in [0.1, 0.15) is 5.69 Å². The van der Waals surface area contributed by atoms with Gasteiger partial charge < -0.3 is 10.2 Å². The number of aromatic nitrogens is 2. The molecule has 0 atom stereocenters. The largest absolute Gasteiger partial charge is 0.353 e. The molecule has 1 aromatic carbocycles. The summed E-state index contributed by atoms with van der Waals surface area (Å²) in [6, 6.07) is 14.4. The van der Waals surface area contributed by atoms with Crippen molar-refractivity contribution in [1.29, 1.82) is 0 Å². The lowest BCUT2D eigenvalue weighted by Crippen LogP contribution is -2.51. The van der Waals surface area contributed by atoms with E-state index in [1.54, 1.807) is 17.4 Å². The van der Waals surface area contributed by atoms with E-state index in [0.29, 0.717) is 39.3 Å². The average molecular weight is 478 g/mol. The molecule has 178 valence electrons. The zero-order chi connectivity index (χ0) is 23.9. The van der Waals surface area contributed by atoms with Crippen LogP contribution in [0.25, 0.3) is 16.6 Å². The molecule has 2 amide bonds. The molecule has 3 heterocycles. The van der Waals surface area contributed by atoms with Gasteiger partial charge in [0, 0.05) is 50.1 Å².